The number of nitrogens with zero attached hydrogens (tertiary/aromatic N) is 1. The molecular formula is C20H30BrClN2O4. The van der Waals surface area contributed by atoms with E-state index in [1.807, 2.05) is 25.1 Å². The standard InChI is InChI=1S/C20H30BrClN2O4/c1-14-5-6-17(24(9-7-21)10-8-22)12-15(14)11-16(13-18(25)26)23-19(27)28-20(2,3)4/h5-6,12,16H,7-11,13H2,1-4H3,(H,23,27)(H,25,26)/t16-/m0/s1. The molecule has 0 radical (unpaired) electrons. The second-order valence-corrected chi connectivity index (χ2v) is 8.79. The number of carboxylic acids is 1. The van der Waals surface area contributed by atoms with Gasteiger partial charge in [0.1, 0.15) is 5.60 Å². The highest BCUT2D eigenvalue weighted by atomic mass is 79.9. The van der Waals surface area contributed by atoms with Gasteiger partial charge in [-0.2, -0.15) is 0 Å². The van der Waals surface area contributed by atoms with Crippen LogP contribution in [0.2, 0.25) is 0 Å². The first kappa shape index (κ1) is 24.6. The Hall–Kier alpha value is -1.47. The third kappa shape index (κ3) is 9.15. The van der Waals surface area contributed by atoms with Crippen molar-refractivity contribution in [2.75, 3.05) is 29.2 Å². The number of halogens is 2. The van der Waals surface area contributed by atoms with Gasteiger partial charge in [-0.25, -0.2) is 4.79 Å². The predicted molar refractivity (Wildman–Crippen MR) is 117 cm³/mol. The molecule has 6 nitrogen and oxygen atoms in total. The van der Waals surface area contributed by atoms with Crippen molar-refractivity contribution in [3.8, 4) is 0 Å². The number of alkyl halides is 2. The van der Waals surface area contributed by atoms with Gasteiger partial charge in [0.2, 0.25) is 0 Å². The zero-order valence-corrected chi connectivity index (χ0v) is 19.3. The number of nitrogens with one attached hydrogen (secondary N) is 1. The third-order valence-corrected chi connectivity index (χ3v) is 4.54. The summed E-state index contributed by atoms with van der Waals surface area (Å²) in [5.74, 6) is -0.462. The summed E-state index contributed by atoms with van der Waals surface area (Å²) < 4.78 is 5.27. The van der Waals surface area contributed by atoms with Crippen LogP contribution in [-0.2, 0) is 16.0 Å². The molecule has 158 valence electrons. The van der Waals surface area contributed by atoms with Crippen molar-refractivity contribution in [3.63, 3.8) is 0 Å². The molecular weight excluding hydrogens is 448 g/mol. The van der Waals surface area contributed by atoms with Gasteiger partial charge in [-0.05, 0) is 57.4 Å². The Balaban J connectivity index is 3.01. The maximum absolute atomic E-state index is 12.1. The molecule has 1 atom stereocenters. The number of carbonyl (C=O) groups excluding carboxylic acids is 1. The van der Waals surface area contributed by atoms with Crippen molar-refractivity contribution < 1.29 is 19.4 Å². The second-order valence-electron chi connectivity index (χ2n) is 7.62. The minimum atomic E-state index is -0.974. The van der Waals surface area contributed by atoms with E-state index in [0.29, 0.717) is 18.8 Å². The number of aliphatic carboxylic acids is 1. The first-order chi connectivity index (χ1) is 13.1. The number of alkyl carbamates (subject to hydrolysis) is 1. The Labute approximate surface area is 180 Å². The fourth-order valence-corrected chi connectivity index (χ4v) is 3.41. The molecule has 0 unspecified atom stereocenters. The van der Waals surface area contributed by atoms with E-state index < -0.39 is 23.7 Å². The van der Waals surface area contributed by atoms with Gasteiger partial charge in [-0.1, -0.05) is 22.0 Å². The Morgan fingerprint density at radius 1 is 1.32 bits per heavy atom. The molecule has 2 N–H and O–H groups in total. The van der Waals surface area contributed by atoms with Crippen molar-refractivity contribution in [2.45, 2.75) is 52.2 Å². The van der Waals surface area contributed by atoms with Crippen LogP contribution < -0.4 is 10.2 Å². The lowest BCUT2D eigenvalue weighted by Gasteiger charge is -2.26. The van der Waals surface area contributed by atoms with Crippen LogP contribution in [0.3, 0.4) is 0 Å². The van der Waals surface area contributed by atoms with E-state index in [-0.39, 0.29) is 6.42 Å². The Kier molecular flexibility index (Phi) is 10.1. The number of aryl methyl sites for hydroxylation is 1. The van der Waals surface area contributed by atoms with Crippen LogP contribution in [0.15, 0.2) is 18.2 Å². The lowest BCUT2D eigenvalue weighted by molar-refractivity contribution is -0.137. The number of rotatable bonds is 10. The summed E-state index contributed by atoms with van der Waals surface area (Å²) in [5, 5.41) is 12.7. The molecule has 0 saturated heterocycles. The first-order valence-corrected chi connectivity index (χ1v) is 10.9. The number of carbonyl (C=O) groups is 2. The number of benzene rings is 1. The predicted octanol–water partition coefficient (Wildman–Crippen LogP) is 4.35. The number of hydrogen-bond donors (Lipinski definition) is 2. The molecule has 0 bridgehead atoms. The number of carboxylic acid groups (broad SMARTS) is 1. The maximum atomic E-state index is 12.1. The molecule has 0 fully saturated rings. The lowest BCUT2D eigenvalue weighted by Crippen LogP contribution is -2.41. The third-order valence-electron chi connectivity index (χ3n) is 4.01. The van der Waals surface area contributed by atoms with E-state index in [2.05, 4.69) is 26.1 Å². The summed E-state index contributed by atoms with van der Waals surface area (Å²) in [4.78, 5) is 25.6. The van der Waals surface area contributed by atoms with Crippen molar-refractivity contribution in [1.82, 2.24) is 5.32 Å². The van der Waals surface area contributed by atoms with E-state index in [0.717, 1.165) is 28.7 Å². The smallest absolute Gasteiger partial charge is 0.407 e. The van der Waals surface area contributed by atoms with Gasteiger partial charge in [0, 0.05) is 36.0 Å². The largest absolute Gasteiger partial charge is 0.481 e. The topological polar surface area (TPSA) is 78.9 Å². The normalized spacial score (nSPS) is 12.4. The summed E-state index contributed by atoms with van der Waals surface area (Å²) in [6.07, 6.45) is -0.403. The molecule has 28 heavy (non-hydrogen) atoms. The molecule has 0 aliphatic rings. The quantitative estimate of drug-likeness (QED) is 0.490. The van der Waals surface area contributed by atoms with Gasteiger partial charge in [-0.3, -0.25) is 4.79 Å². The highest BCUT2D eigenvalue weighted by molar-refractivity contribution is 9.09. The van der Waals surface area contributed by atoms with Crippen LogP contribution in [0.5, 0.6) is 0 Å². The summed E-state index contributed by atoms with van der Waals surface area (Å²) in [6, 6.07) is 5.50. The van der Waals surface area contributed by atoms with Gasteiger partial charge in [0.25, 0.3) is 0 Å². The zero-order valence-electron chi connectivity index (χ0n) is 16.9. The minimum Gasteiger partial charge on any atom is -0.481 e. The van der Waals surface area contributed by atoms with Crippen LogP contribution in [-0.4, -0.2) is 53.1 Å². The van der Waals surface area contributed by atoms with Crippen molar-refractivity contribution in [1.29, 1.82) is 0 Å². The Bertz CT molecular complexity index is 658. The molecule has 1 aromatic carbocycles. The zero-order chi connectivity index (χ0) is 21.3. The fourth-order valence-electron chi connectivity index (χ4n) is 2.77. The highest BCUT2D eigenvalue weighted by Gasteiger charge is 2.22. The fraction of sp³-hybridized carbons (Fsp3) is 0.600. The monoisotopic (exact) mass is 476 g/mol. The molecule has 1 aromatic rings. The minimum absolute atomic E-state index is 0.185. The van der Waals surface area contributed by atoms with E-state index in [1.54, 1.807) is 20.8 Å². The number of ether oxygens (including phenoxy) is 1. The van der Waals surface area contributed by atoms with E-state index in [4.69, 9.17) is 16.3 Å². The van der Waals surface area contributed by atoms with Gasteiger partial charge < -0.3 is 20.1 Å². The average molecular weight is 478 g/mol. The first-order valence-electron chi connectivity index (χ1n) is 9.23. The van der Waals surface area contributed by atoms with E-state index in [9.17, 15) is 14.7 Å². The van der Waals surface area contributed by atoms with Crippen LogP contribution in [0.4, 0.5) is 10.5 Å². The molecule has 1 amide bonds. The van der Waals surface area contributed by atoms with Crippen LogP contribution in [0.1, 0.15) is 38.3 Å². The Morgan fingerprint density at radius 3 is 2.54 bits per heavy atom. The van der Waals surface area contributed by atoms with E-state index >= 15 is 0 Å². The van der Waals surface area contributed by atoms with Gasteiger partial charge in [0.15, 0.2) is 0 Å². The van der Waals surface area contributed by atoms with Crippen molar-refractivity contribution in [2.24, 2.45) is 0 Å². The van der Waals surface area contributed by atoms with E-state index in [1.165, 1.54) is 0 Å². The van der Waals surface area contributed by atoms with Crippen molar-refractivity contribution in [3.05, 3.63) is 29.3 Å². The Morgan fingerprint density at radius 2 is 2.00 bits per heavy atom. The number of hydrogen-bond acceptors (Lipinski definition) is 4. The van der Waals surface area contributed by atoms with Crippen LogP contribution in [0, 0.1) is 6.92 Å². The summed E-state index contributed by atoms with van der Waals surface area (Å²) in [7, 11) is 0. The summed E-state index contributed by atoms with van der Waals surface area (Å²) in [6.45, 7) is 8.79. The number of anilines is 1. The highest BCUT2D eigenvalue weighted by Crippen LogP contribution is 2.22. The lowest BCUT2D eigenvalue weighted by atomic mass is 9.98. The molecule has 0 spiro atoms. The van der Waals surface area contributed by atoms with Crippen molar-refractivity contribution >= 4 is 45.3 Å². The number of amides is 1. The molecule has 1 rings (SSSR count). The molecule has 0 aliphatic carbocycles. The van der Waals surface area contributed by atoms with Gasteiger partial charge in [0.05, 0.1) is 6.42 Å². The summed E-state index contributed by atoms with van der Waals surface area (Å²) >= 11 is 9.38. The van der Waals surface area contributed by atoms with Gasteiger partial charge >= 0.3 is 12.1 Å². The molecule has 0 aliphatic heterocycles. The SMILES string of the molecule is Cc1ccc(N(CCCl)CCBr)cc1C[C@@H](CC(=O)O)NC(=O)OC(C)(C)C. The molecule has 0 aromatic heterocycles. The van der Waals surface area contributed by atoms with Crippen LogP contribution >= 0.6 is 27.5 Å². The maximum Gasteiger partial charge on any atom is 0.407 e. The van der Waals surface area contributed by atoms with Crippen LogP contribution in [0.25, 0.3) is 0 Å². The average Bonchev–Trinajstić information content (AvgIpc) is 2.54. The molecule has 0 saturated carbocycles. The second kappa shape index (κ2) is 11.5. The summed E-state index contributed by atoms with van der Waals surface area (Å²) in [5.41, 5.74) is 2.39. The van der Waals surface area contributed by atoms with Gasteiger partial charge in [-0.15, -0.1) is 11.6 Å². The molecule has 8 heteroatoms. The molecule has 0 heterocycles.